The molecule has 1 rings (SSSR count). The van der Waals surface area contributed by atoms with E-state index < -0.39 is 0 Å². The van der Waals surface area contributed by atoms with Crippen LogP contribution in [0.2, 0.25) is 0 Å². The highest BCUT2D eigenvalue weighted by atomic mass is 15.2. The second kappa shape index (κ2) is 4.95. The molecule has 1 aliphatic rings. The van der Waals surface area contributed by atoms with Crippen molar-refractivity contribution in [2.75, 3.05) is 34.2 Å². The van der Waals surface area contributed by atoms with Crippen LogP contribution in [-0.4, -0.2) is 49.6 Å². The van der Waals surface area contributed by atoms with Crippen molar-refractivity contribution >= 4 is 0 Å². The Morgan fingerprint density at radius 3 is 2.40 bits per heavy atom. The van der Waals surface area contributed by atoms with Crippen LogP contribution in [0.5, 0.6) is 0 Å². The number of nitrogens with zero attached hydrogens (tertiary/aromatic N) is 2. The number of likely N-dealkylation sites (N-methyl/N-ethyl adjacent to an activating group) is 2. The third-order valence-corrected chi connectivity index (χ3v) is 3.30. The predicted molar refractivity (Wildman–Crippen MR) is 67.1 cm³/mol. The van der Waals surface area contributed by atoms with E-state index in [1.807, 2.05) is 0 Å². The molecule has 0 saturated carbocycles. The zero-order valence-corrected chi connectivity index (χ0v) is 10.7. The quantitative estimate of drug-likeness (QED) is 0.698. The number of hydrogen-bond acceptors (Lipinski definition) is 2. The Morgan fingerprint density at radius 1 is 1.27 bits per heavy atom. The normalized spacial score (nSPS) is 26.2. The van der Waals surface area contributed by atoms with Gasteiger partial charge in [-0.1, -0.05) is 23.8 Å². The minimum atomic E-state index is 0.204. The summed E-state index contributed by atoms with van der Waals surface area (Å²) in [5, 5.41) is 0. The molecule has 0 aromatic heterocycles. The molecule has 0 spiro atoms. The minimum Gasteiger partial charge on any atom is -0.308 e. The molecular formula is C13H24N2. The lowest BCUT2D eigenvalue weighted by molar-refractivity contribution is 0.170. The Morgan fingerprint density at radius 2 is 1.93 bits per heavy atom. The van der Waals surface area contributed by atoms with Gasteiger partial charge in [-0.15, -0.1) is 0 Å². The smallest absolute Gasteiger partial charge is 0.0398 e. The van der Waals surface area contributed by atoms with Crippen LogP contribution in [0.3, 0.4) is 0 Å². The van der Waals surface area contributed by atoms with Crippen LogP contribution in [0.25, 0.3) is 0 Å². The summed E-state index contributed by atoms with van der Waals surface area (Å²) in [5.41, 5.74) is 1.59. The summed E-state index contributed by atoms with van der Waals surface area (Å²) in [6.07, 6.45) is 8.01. The third kappa shape index (κ3) is 3.47. The van der Waals surface area contributed by atoms with Crippen molar-refractivity contribution in [3.8, 4) is 0 Å². The molecule has 0 saturated heterocycles. The van der Waals surface area contributed by atoms with Crippen molar-refractivity contribution < 1.29 is 0 Å². The first-order chi connectivity index (χ1) is 6.94. The summed E-state index contributed by atoms with van der Waals surface area (Å²) in [6.45, 7) is 6.70. The van der Waals surface area contributed by atoms with Gasteiger partial charge < -0.3 is 4.90 Å². The molecule has 0 fully saturated rings. The molecule has 2 nitrogen and oxygen atoms in total. The van der Waals surface area contributed by atoms with Gasteiger partial charge in [0.2, 0.25) is 0 Å². The fourth-order valence-corrected chi connectivity index (χ4v) is 1.70. The van der Waals surface area contributed by atoms with Gasteiger partial charge in [0.15, 0.2) is 0 Å². The molecule has 2 heteroatoms. The van der Waals surface area contributed by atoms with Gasteiger partial charge in [0.1, 0.15) is 0 Å². The van der Waals surface area contributed by atoms with Crippen LogP contribution in [0.1, 0.15) is 20.3 Å². The first-order valence-electron chi connectivity index (χ1n) is 5.66. The third-order valence-electron chi connectivity index (χ3n) is 3.30. The Kier molecular flexibility index (Phi) is 4.12. The summed E-state index contributed by atoms with van der Waals surface area (Å²) >= 11 is 0. The van der Waals surface area contributed by atoms with E-state index in [1.54, 1.807) is 0 Å². The van der Waals surface area contributed by atoms with Crippen molar-refractivity contribution in [2.45, 2.75) is 25.8 Å². The minimum absolute atomic E-state index is 0.204. The Hall–Kier alpha value is -0.600. The van der Waals surface area contributed by atoms with E-state index in [1.165, 1.54) is 5.57 Å². The van der Waals surface area contributed by atoms with E-state index >= 15 is 0 Å². The van der Waals surface area contributed by atoms with Gasteiger partial charge >= 0.3 is 0 Å². The summed E-state index contributed by atoms with van der Waals surface area (Å²) in [4.78, 5) is 4.67. The summed E-state index contributed by atoms with van der Waals surface area (Å²) < 4.78 is 0. The average Bonchev–Trinajstić information content (AvgIpc) is 2.19. The predicted octanol–water partition coefficient (Wildman–Crippen LogP) is 2.14. The largest absolute Gasteiger partial charge is 0.308 e. The monoisotopic (exact) mass is 208 g/mol. The summed E-state index contributed by atoms with van der Waals surface area (Å²) in [5.74, 6) is 0. The second-order valence-corrected chi connectivity index (χ2v) is 5.07. The molecule has 1 unspecified atom stereocenters. The van der Waals surface area contributed by atoms with Gasteiger partial charge in [-0.3, -0.25) is 4.90 Å². The highest BCUT2D eigenvalue weighted by Gasteiger charge is 2.26. The fraction of sp³-hybridized carbons (Fsp3) is 0.692. The lowest BCUT2D eigenvalue weighted by atomic mass is 9.89. The van der Waals surface area contributed by atoms with Gasteiger partial charge in [-0.2, -0.15) is 0 Å². The maximum Gasteiger partial charge on any atom is 0.0398 e. The van der Waals surface area contributed by atoms with Crippen LogP contribution in [0, 0.1) is 0 Å². The lowest BCUT2D eigenvalue weighted by Crippen LogP contribution is -2.45. The zero-order chi connectivity index (χ0) is 11.5. The molecule has 0 heterocycles. The Labute approximate surface area is 94.3 Å². The van der Waals surface area contributed by atoms with E-state index in [0.717, 1.165) is 19.5 Å². The van der Waals surface area contributed by atoms with Gasteiger partial charge in [0.25, 0.3) is 0 Å². The second-order valence-electron chi connectivity index (χ2n) is 5.07. The van der Waals surface area contributed by atoms with E-state index in [9.17, 15) is 0 Å². The van der Waals surface area contributed by atoms with E-state index in [2.05, 4.69) is 63.0 Å². The van der Waals surface area contributed by atoms with Crippen LogP contribution in [0.15, 0.2) is 23.8 Å². The van der Waals surface area contributed by atoms with Crippen LogP contribution < -0.4 is 0 Å². The SMILES string of the molecule is CC1=CCC(C)(N(C)CCN(C)C)C=C1. The van der Waals surface area contributed by atoms with E-state index in [-0.39, 0.29) is 5.54 Å². The molecule has 86 valence electrons. The molecule has 0 bridgehead atoms. The van der Waals surface area contributed by atoms with Crippen molar-refractivity contribution in [3.05, 3.63) is 23.8 Å². The van der Waals surface area contributed by atoms with Gasteiger partial charge in [-0.05, 0) is 41.4 Å². The molecular weight excluding hydrogens is 184 g/mol. The molecule has 0 radical (unpaired) electrons. The lowest BCUT2D eigenvalue weighted by Gasteiger charge is -2.38. The number of hydrogen-bond donors (Lipinski definition) is 0. The van der Waals surface area contributed by atoms with Crippen LogP contribution in [0.4, 0.5) is 0 Å². The Bertz CT molecular complexity index is 266. The average molecular weight is 208 g/mol. The van der Waals surface area contributed by atoms with Gasteiger partial charge in [0, 0.05) is 18.6 Å². The van der Waals surface area contributed by atoms with Crippen molar-refractivity contribution in [3.63, 3.8) is 0 Å². The van der Waals surface area contributed by atoms with Crippen molar-refractivity contribution in [2.24, 2.45) is 0 Å². The van der Waals surface area contributed by atoms with E-state index in [0.29, 0.717) is 0 Å². The Balaban J connectivity index is 2.52. The highest BCUT2D eigenvalue weighted by Crippen LogP contribution is 2.25. The highest BCUT2D eigenvalue weighted by molar-refractivity contribution is 5.27. The van der Waals surface area contributed by atoms with Crippen LogP contribution in [-0.2, 0) is 0 Å². The van der Waals surface area contributed by atoms with Crippen molar-refractivity contribution in [1.29, 1.82) is 0 Å². The molecule has 0 aliphatic heterocycles. The molecule has 1 atom stereocenters. The zero-order valence-electron chi connectivity index (χ0n) is 10.7. The topological polar surface area (TPSA) is 6.48 Å². The maximum absolute atomic E-state index is 2.44. The first-order valence-corrected chi connectivity index (χ1v) is 5.66. The summed E-state index contributed by atoms with van der Waals surface area (Å²) in [6, 6.07) is 0. The molecule has 1 aliphatic carbocycles. The van der Waals surface area contributed by atoms with E-state index in [4.69, 9.17) is 0 Å². The fourth-order valence-electron chi connectivity index (χ4n) is 1.70. The molecule has 0 aromatic carbocycles. The first kappa shape index (κ1) is 12.5. The molecule has 15 heavy (non-hydrogen) atoms. The molecule has 0 amide bonds. The van der Waals surface area contributed by atoms with Gasteiger partial charge in [-0.25, -0.2) is 0 Å². The molecule has 0 N–H and O–H groups in total. The molecule has 0 aromatic rings. The van der Waals surface area contributed by atoms with Gasteiger partial charge in [0.05, 0.1) is 0 Å². The maximum atomic E-state index is 2.44. The van der Waals surface area contributed by atoms with Crippen LogP contribution >= 0.6 is 0 Å². The standard InChI is InChI=1S/C13H24N2/c1-12-6-8-13(2,9-7-12)15(5)11-10-14(3)4/h6-8H,9-11H2,1-5H3. The number of allylic oxidation sites excluding steroid dienone is 2. The van der Waals surface area contributed by atoms with Crippen molar-refractivity contribution in [1.82, 2.24) is 9.80 Å². The number of rotatable bonds is 4. The summed E-state index contributed by atoms with van der Waals surface area (Å²) in [7, 11) is 6.45.